The Morgan fingerprint density at radius 1 is 1.29 bits per heavy atom. The first-order valence-corrected chi connectivity index (χ1v) is 8.13. The number of thiophene rings is 1. The van der Waals surface area contributed by atoms with E-state index in [0.29, 0.717) is 16.6 Å². The summed E-state index contributed by atoms with van der Waals surface area (Å²) < 4.78 is 0. The average molecular weight is 342 g/mol. The van der Waals surface area contributed by atoms with Crippen LogP contribution in [0.2, 0.25) is 0 Å². The molecule has 24 heavy (non-hydrogen) atoms. The van der Waals surface area contributed by atoms with Crippen LogP contribution in [0.3, 0.4) is 0 Å². The smallest absolute Gasteiger partial charge is 0.275 e. The van der Waals surface area contributed by atoms with Gasteiger partial charge in [0.25, 0.3) is 11.5 Å². The van der Waals surface area contributed by atoms with Crippen molar-refractivity contribution in [2.75, 3.05) is 0 Å². The molecule has 3 aromatic heterocycles. The summed E-state index contributed by atoms with van der Waals surface area (Å²) >= 11 is 1.51. The molecule has 3 aromatic rings. The Bertz CT molecular complexity index is 963. The maximum Gasteiger partial charge on any atom is 0.275 e. The maximum atomic E-state index is 12.2. The van der Waals surface area contributed by atoms with Crippen molar-refractivity contribution in [3.63, 3.8) is 0 Å². The number of hydrogen-bond donors (Lipinski definition) is 3. The van der Waals surface area contributed by atoms with Crippen LogP contribution in [0.1, 0.15) is 23.7 Å². The number of aromatic amines is 1. The van der Waals surface area contributed by atoms with Crippen LogP contribution in [-0.2, 0) is 4.79 Å². The van der Waals surface area contributed by atoms with E-state index in [2.05, 4.69) is 20.8 Å². The summed E-state index contributed by atoms with van der Waals surface area (Å²) in [6.45, 7) is 1.66. The summed E-state index contributed by atoms with van der Waals surface area (Å²) in [6.07, 6.45) is 1.83. The van der Waals surface area contributed by atoms with E-state index >= 15 is 0 Å². The van der Waals surface area contributed by atoms with E-state index in [0.717, 1.165) is 4.88 Å². The molecule has 2 amide bonds. The Hall–Kier alpha value is -3.00. The van der Waals surface area contributed by atoms with Gasteiger partial charge in [-0.15, -0.1) is 11.3 Å². The molecular formula is C16H14N4O3S. The number of nitrogens with one attached hydrogen (secondary N) is 3. The lowest BCUT2D eigenvalue weighted by molar-refractivity contribution is -0.121. The first-order chi connectivity index (χ1) is 11.6. The van der Waals surface area contributed by atoms with Gasteiger partial charge in [0.15, 0.2) is 0 Å². The van der Waals surface area contributed by atoms with E-state index in [4.69, 9.17) is 0 Å². The molecule has 8 heteroatoms. The fourth-order valence-electron chi connectivity index (χ4n) is 2.19. The summed E-state index contributed by atoms with van der Waals surface area (Å²) in [6, 6.07) is 6.98. The third-order valence-corrected chi connectivity index (χ3v) is 4.28. The van der Waals surface area contributed by atoms with E-state index in [1.54, 1.807) is 19.2 Å². The van der Waals surface area contributed by atoms with Crippen LogP contribution >= 0.6 is 11.3 Å². The number of H-pyrrole nitrogens is 1. The lowest BCUT2D eigenvalue weighted by Gasteiger charge is -2.08. The minimum absolute atomic E-state index is 0.0929. The minimum Gasteiger partial charge on any atom is -0.321 e. The van der Waals surface area contributed by atoms with Crippen molar-refractivity contribution < 1.29 is 9.59 Å². The van der Waals surface area contributed by atoms with Gasteiger partial charge in [-0.3, -0.25) is 30.2 Å². The minimum atomic E-state index is -0.680. The molecule has 3 N–H and O–H groups in total. The molecule has 0 saturated heterocycles. The summed E-state index contributed by atoms with van der Waals surface area (Å²) in [7, 11) is 0. The number of pyridine rings is 2. The highest BCUT2D eigenvalue weighted by Crippen LogP contribution is 2.28. The van der Waals surface area contributed by atoms with Crippen molar-refractivity contribution in [1.29, 1.82) is 0 Å². The number of rotatable bonds is 3. The van der Waals surface area contributed by atoms with Gasteiger partial charge in [-0.25, -0.2) is 0 Å². The highest BCUT2D eigenvalue weighted by molar-refractivity contribution is 7.13. The molecule has 0 saturated carbocycles. The lowest BCUT2D eigenvalue weighted by atomic mass is 10.1. The van der Waals surface area contributed by atoms with Crippen molar-refractivity contribution in [1.82, 2.24) is 20.8 Å². The van der Waals surface area contributed by atoms with Gasteiger partial charge in [0.2, 0.25) is 5.91 Å². The van der Waals surface area contributed by atoms with Crippen LogP contribution < -0.4 is 16.4 Å². The molecule has 0 aliphatic rings. The molecule has 0 spiro atoms. The average Bonchev–Trinajstić information content (AvgIpc) is 3.12. The normalized spacial score (nSPS) is 10.5. The molecule has 3 heterocycles. The maximum absolute atomic E-state index is 12.2. The molecule has 0 aromatic carbocycles. The number of hydrazine groups is 1. The van der Waals surface area contributed by atoms with Crippen molar-refractivity contribution >= 4 is 34.1 Å². The van der Waals surface area contributed by atoms with Gasteiger partial charge in [0.1, 0.15) is 5.56 Å². The van der Waals surface area contributed by atoms with Crippen LogP contribution in [0.5, 0.6) is 0 Å². The van der Waals surface area contributed by atoms with Crippen molar-refractivity contribution in [3.05, 3.63) is 51.8 Å². The van der Waals surface area contributed by atoms with E-state index in [-0.39, 0.29) is 17.9 Å². The summed E-state index contributed by atoms with van der Waals surface area (Å²) in [4.78, 5) is 43.5. The molecule has 0 aliphatic heterocycles. The quantitative estimate of drug-likeness (QED) is 0.632. The largest absolute Gasteiger partial charge is 0.321 e. The van der Waals surface area contributed by atoms with Gasteiger partial charge in [0, 0.05) is 18.0 Å². The van der Waals surface area contributed by atoms with Crippen LogP contribution in [0.4, 0.5) is 0 Å². The molecule has 0 bridgehead atoms. The number of fused-ring (bicyclic) bond motifs is 1. The van der Waals surface area contributed by atoms with E-state index in [1.807, 2.05) is 17.5 Å². The highest BCUT2D eigenvalue weighted by atomic mass is 32.1. The molecule has 3 rings (SSSR count). The van der Waals surface area contributed by atoms with Gasteiger partial charge in [-0.2, -0.15) is 0 Å². The molecule has 7 nitrogen and oxygen atoms in total. The van der Waals surface area contributed by atoms with Crippen molar-refractivity contribution in [3.8, 4) is 10.6 Å². The van der Waals surface area contributed by atoms with Crippen LogP contribution in [0.15, 0.2) is 40.6 Å². The van der Waals surface area contributed by atoms with E-state index in [9.17, 15) is 14.4 Å². The van der Waals surface area contributed by atoms with Gasteiger partial charge in [0.05, 0.1) is 16.1 Å². The monoisotopic (exact) mass is 342 g/mol. The number of aromatic nitrogens is 2. The zero-order valence-electron chi connectivity index (χ0n) is 12.8. The summed E-state index contributed by atoms with van der Waals surface area (Å²) in [5.74, 6) is -1.03. The molecule has 0 fully saturated rings. The fraction of sp³-hybridized carbons (Fsp3) is 0.125. The molecule has 122 valence electrons. The zero-order chi connectivity index (χ0) is 17.1. The first kappa shape index (κ1) is 15.9. The van der Waals surface area contributed by atoms with Crippen LogP contribution in [0.25, 0.3) is 21.5 Å². The first-order valence-electron chi connectivity index (χ1n) is 7.25. The number of carbonyl (C=O) groups is 2. The van der Waals surface area contributed by atoms with Crippen LogP contribution in [0, 0.1) is 0 Å². The van der Waals surface area contributed by atoms with E-state index < -0.39 is 11.5 Å². The van der Waals surface area contributed by atoms with Gasteiger partial charge < -0.3 is 4.98 Å². The second-order valence-electron chi connectivity index (χ2n) is 4.97. The highest BCUT2D eigenvalue weighted by Gasteiger charge is 2.15. The van der Waals surface area contributed by atoms with Gasteiger partial charge in [-0.1, -0.05) is 13.0 Å². The standard InChI is InChI=1S/C16H14N4O3S/c1-2-13(21)19-20-16(23)10-8-9-11(18-15(10)22)5-6-17-14(9)12-4-3-7-24-12/h3-8H,2H2,1H3,(H,18,22)(H,19,21)(H,20,23). The Morgan fingerprint density at radius 2 is 2.12 bits per heavy atom. The van der Waals surface area contributed by atoms with Gasteiger partial charge >= 0.3 is 0 Å². The predicted octanol–water partition coefficient (Wildman–Crippen LogP) is 1.82. The Kier molecular flexibility index (Phi) is 4.39. The second-order valence-corrected chi connectivity index (χ2v) is 5.91. The Morgan fingerprint density at radius 3 is 2.83 bits per heavy atom. The SMILES string of the molecule is CCC(=O)NNC(=O)c1cc2c(-c3cccs3)nccc2[nH]c1=O. The number of amides is 2. The Balaban J connectivity index is 2.05. The molecule has 0 atom stereocenters. The number of nitrogens with zero attached hydrogens (tertiary/aromatic N) is 1. The topological polar surface area (TPSA) is 104 Å². The summed E-state index contributed by atoms with van der Waals surface area (Å²) in [5.41, 5.74) is 5.13. The third kappa shape index (κ3) is 3.04. The van der Waals surface area contributed by atoms with Gasteiger partial charge in [-0.05, 0) is 23.6 Å². The van der Waals surface area contributed by atoms with E-state index in [1.165, 1.54) is 17.4 Å². The number of hydrogen-bond acceptors (Lipinski definition) is 5. The van der Waals surface area contributed by atoms with Crippen LogP contribution in [-0.4, -0.2) is 21.8 Å². The Labute approximate surface area is 140 Å². The van der Waals surface area contributed by atoms with Crippen molar-refractivity contribution in [2.24, 2.45) is 0 Å². The van der Waals surface area contributed by atoms with Crippen molar-refractivity contribution in [2.45, 2.75) is 13.3 Å². The second kappa shape index (κ2) is 6.63. The fourth-order valence-corrected chi connectivity index (χ4v) is 2.92. The molecular weight excluding hydrogens is 328 g/mol. The summed E-state index contributed by atoms with van der Waals surface area (Å²) in [5, 5.41) is 2.58. The predicted molar refractivity (Wildman–Crippen MR) is 91.6 cm³/mol. The molecule has 0 unspecified atom stereocenters. The lowest BCUT2D eigenvalue weighted by Crippen LogP contribution is -2.43. The zero-order valence-corrected chi connectivity index (χ0v) is 13.6. The molecule has 0 aliphatic carbocycles. The number of carbonyl (C=O) groups excluding carboxylic acids is 2. The third-order valence-electron chi connectivity index (χ3n) is 3.41. The molecule has 0 radical (unpaired) electrons.